The molecule has 39 heavy (non-hydrogen) atoms. The van der Waals surface area contributed by atoms with E-state index in [0.29, 0.717) is 65.9 Å². The Morgan fingerprint density at radius 3 is 2.46 bits per heavy atom. The molecule has 11 nitrogen and oxygen atoms in total. The van der Waals surface area contributed by atoms with Gasteiger partial charge in [-0.2, -0.15) is 0 Å². The summed E-state index contributed by atoms with van der Waals surface area (Å²) >= 11 is 13.3. The topological polar surface area (TPSA) is 131 Å². The van der Waals surface area contributed by atoms with Gasteiger partial charge in [-0.1, -0.05) is 29.8 Å². The fraction of sp³-hybridized carbons (Fsp3) is 0.385. The first kappa shape index (κ1) is 27.2. The average molecular weight is 575 g/mol. The molecule has 13 heteroatoms. The van der Waals surface area contributed by atoms with E-state index in [-0.39, 0.29) is 33.9 Å². The molecule has 2 atom stereocenters. The van der Waals surface area contributed by atoms with Crippen molar-refractivity contribution in [2.45, 2.75) is 24.6 Å². The van der Waals surface area contributed by atoms with Crippen molar-refractivity contribution in [2.75, 3.05) is 50.7 Å². The second kappa shape index (κ2) is 10.6. The number of ether oxygens (including phenoxy) is 3. The Labute approximate surface area is 235 Å². The van der Waals surface area contributed by atoms with Crippen molar-refractivity contribution in [1.29, 1.82) is 0 Å². The molecule has 3 aromatic rings. The molecule has 0 bridgehead atoms. The molecule has 2 fully saturated rings. The number of β-amino-alcohol motifs (C(OH)–C–C–N with tert-alkyl or cyclic N) is 1. The molecule has 2 aliphatic heterocycles. The highest BCUT2D eigenvalue weighted by atomic mass is 35.5. The highest BCUT2D eigenvalue weighted by Gasteiger charge is 2.39. The number of hydrogen-bond donors (Lipinski definition) is 3. The molecule has 0 saturated carbocycles. The Kier molecular flexibility index (Phi) is 7.43. The van der Waals surface area contributed by atoms with Crippen LogP contribution in [-0.2, 0) is 9.53 Å². The number of aromatic nitrogens is 3. The van der Waals surface area contributed by atoms with Crippen molar-refractivity contribution in [2.24, 2.45) is 0 Å². The number of carbonyl (C=O) groups excluding carboxylic acids is 1. The maximum absolute atomic E-state index is 11.8. The number of nitrogens with one attached hydrogen (secondary N) is 2. The summed E-state index contributed by atoms with van der Waals surface area (Å²) < 4.78 is 16.4. The van der Waals surface area contributed by atoms with Gasteiger partial charge in [0, 0.05) is 24.5 Å². The minimum atomic E-state index is -0.849. The molecule has 2 aromatic heterocycles. The minimum absolute atomic E-state index is 0.200. The second-order valence-corrected chi connectivity index (χ2v) is 10.5. The summed E-state index contributed by atoms with van der Waals surface area (Å²) in [6.07, 6.45) is 2.85. The van der Waals surface area contributed by atoms with E-state index in [9.17, 15) is 9.90 Å². The molecule has 0 spiro atoms. The van der Waals surface area contributed by atoms with E-state index in [1.807, 2.05) is 11.0 Å². The first-order valence-electron chi connectivity index (χ1n) is 12.2. The second-order valence-electron chi connectivity index (χ2n) is 9.70. The van der Waals surface area contributed by atoms with Crippen LogP contribution in [0.5, 0.6) is 11.5 Å². The third-order valence-corrected chi connectivity index (χ3v) is 7.40. The summed E-state index contributed by atoms with van der Waals surface area (Å²) in [7, 11) is 2.99. The average Bonchev–Trinajstić information content (AvgIpc) is 3.33. The van der Waals surface area contributed by atoms with Gasteiger partial charge in [0.15, 0.2) is 5.82 Å². The molecule has 1 aromatic carbocycles. The molecule has 0 unspecified atom stereocenters. The first-order valence-corrected chi connectivity index (χ1v) is 12.9. The van der Waals surface area contributed by atoms with Gasteiger partial charge in [0.05, 0.1) is 72.4 Å². The normalized spacial score (nSPS) is 19.9. The third kappa shape index (κ3) is 5.27. The Hall–Kier alpha value is -3.38. The number of halogens is 2. The maximum atomic E-state index is 11.8. The Bertz CT molecular complexity index is 1420. The van der Waals surface area contributed by atoms with E-state index in [1.54, 1.807) is 19.2 Å². The van der Waals surface area contributed by atoms with Gasteiger partial charge in [-0.05, 0) is 19.1 Å². The number of amides is 1. The number of anilines is 2. The van der Waals surface area contributed by atoms with Crippen LogP contribution in [0.1, 0.15) is 6.92 Å². The maximum Gasteiger partial charge on any atom is 0.243 e. The van der Waals surface area contributed by atoms with Gasteiger partial charge >= 0.3 is 0 Å². The zero-order valence-corrected chi connectivity index (χ0v) is 23.1. The van der Waals surface area contributed by atoms with Gasteiger partial charge < -0.3 is 34.9 Å². The summed E-state index contributed by atoms with van der Waals surface area (Å²) in [6, 6.07) is 2.99. The molecule has 206 valence electrons. The lowest BCUT2D eigenvalue weighted by atomic mass is 9.96. The van der Waals surface area contributed by atoms with Crippen molar-refractivity contribution in [3.05, 3.63) is 41.0 Å². The molecule has 2 saturated heterocycles. The molecular weight excluding hydrogens is 547 g/mol. The SMILES string of the molecule is C=CC(=O)N[C@H]1COC[C@H]1Nc1cc2c(N3CC(C)(O)C3)nc(-c3c(Cl)c(OC)cc(OC)c3Cl)nc2cn1. The standard InChI is InChI=1S/C26H28Cl2N6O5/c1-5-20(35)31-16-10-39-9-15(16)30-19-6-13-14(8-29-19)32-24(33-25(13)34-11-26(2,36)12-34)21-22(27)17(37-3)7-18(38-4)23(21)28/h5-8,15-16,36H,1,9-12H2,2-4H3,(H,29,30)(H,31,35)/t15-,16+/m1/s1. The van der Waals surface area contributed by atoms with E-state index in [4.69, 9.17) is 47.4 Å². The zero-order chi connectivity index (χ0) is 27.9. The van der Waals surface area contributed by atoms with Crippen LogP contribution in [-0.4, -0.2) is 84.2 Å². The van der Waals surface area contributed by atoms with Crippen molar-refractivity contribution in [3.63, 3.8) is 0 Å². The summed E-state index contributed by atoms with van der Waals surface area (Å²) in [6.45, 7) is 6.78. The van der Waals surface area contributed by atoms with Crippen molar-refractivity contribution in [1.82, 2.24) is 20.3 Å². The smallest absolute Gasteiger partial charge is 0.243 e. The van der Waals surface area contributed by atoms with E-state index >= 15 is 0 Å². The summed E-state index contributed by atoms with van der Waals surface area (Å²) in [5.41, 5.74) is 0.0499. The van der Waals surface area contributed by atoms with E-state index < -0.39 is 5.60 Å². The lowest BCUT2D eigenvalue weighted by Gasteiger charge is -2.45. The molecule has 5 rings (SSSR count). The number of aliphatic hydroxyl groups is 1. The predicted octanol–water partition coefficient (Wildman–Crippen LogP) is 3.07. The first-order chi connectivity index (χ1) is 18.6. The van der Waals surface area contributed by atoms with Gasteiger partial charge in [0.2, 0.25) is 5.91 Å². The minimum Gasteiger partial charge on any atom is -0.495 e. The lowest BCUT2D eigenvalue weighted by Crippen LogP contribution is -2.60. The van der Waals surface area contributed by atoms with E-state index in [0.717, 1.165) is 0 Å². The highest BCUT2D eigenvalue weighted by Crippen LogP contribution is 2.46. The molecule has 4 heterocycles. The zero-order valence-electron chi connectivity index (χ0n) is 21.6. The quantitative estimate of drug-likeness (QED) is 0.345. The van der Waals surface area contributed by atoms with E-state index in [1.165, 1.54) is 20.3 Å². The van der Waals surface area contributed by atoms with Crippen LogP contribution in [0.2, 0.25) is 10.0 Å². The molecule has 1 amide bonds. The van der Waals surface area contributed by atoms with Gasteiger partial charge in [0.25, 0.3) is 0 Å². The number of nitrogens with zero attached hydrogens (tertiary/aromatic N) is 4. The lowest BCUT2D eigenvalue weighted by molar-refractivity contribution is -0.117. The van der Waals surface area contributed by atoms with Gasteiger partial charge in [-0.15, -0.1) is 0 Å². The molecule has 2 aliphatic rings. The highest BCUT2D eigenvalue weighted by molar-refractivity contribution is 6.41. The van der Waals surface area contributed by atoms with Gasteiger partial charge in [0.1, 0.15) is 23.1 Å². The van der Waals surface area contributed by atoms with Gasteiger partial charge in [-0.3, -0.25) is 4.79 Å². The number of rotatable bonds is 8. The fourth-order valence-electron chi connectivity index (χ4n) is 4.73. The van der Waals surface area contributed by atoms with Crippen LogP contribution in [0.25, 0.3) is 22.3 Å². The van der Waals surface area contributed by atoms with Crippen molar-refractivity contribution >= 4 is 51.6 Å². The molecular formula is C26H28Cl2N6O5. The molecule has 0 aliphatic carbocycles. The van der Waals surface area contributed by atoms with Gasteiger partial charge in [-0.25, -0.2) is 15.0 Å². The number of hydrogen-bond acceptors (Lipinski definition) is 10. The van der Waals surface area contributed by atoms with Crippen LogP contribution in [0, 0.1) is 0 Å². The number of benzene rings is 1. The Balaban J connectivity index is 1.58. The number of methoxy groups -OCH3 is 2. The molecule has 0 radical (unpaired) electrons. The largest absolute Gasteiger partial charge is 0.495 e. The fourth-order valence-corrected chi connectivity index (χ4v) is 5.40. The van der Waals surface area contributed by atoms with Crippen LogP contribution in [0.15, 0.2) is 31.0 Å². The van der Waals surface area contributed by atoms with Crippen LogP contribution in [0.4, 0.5) is 11.6 Å². The Morgan fingerprint density at radius 1 is 1.18 bits per heavy atom. The van der Waals surface area contributed by atoms with E-state index in [2.05, 4.69) is 22.2 Å². The number of pyridine rings is 1. The predicted molar refractivity (Wildman–Crippen MR) is 149 cm³/mol. The summed E-state index contributed by atoms with van der Waals surface area (Å²) in [5, 5.41) is 17.9. The van der Waals surface area contributed by atoms with Crippen LogP contribution in [0.3, 0.4) is 0 Å². The van der Waals surface area contributed by atoms with Crippen LogP contribution >= 0.6 is 23.2 Å². The monoisotopic (exact) mass is 574 g/mol. The third-order valence-electron chi connectivity index (χ3n) is 6.65. The van der Waals surface area contributed by atoms with Crippen LogP contribution < -0.4 is 25.0 Å². The number of carbonyl (C=O) groups is 1. The van der Waals surface area contributed by atoms with Crippen molar-refractivity contribution in [3.8, 4) is 22.9 Å². The van der Waals surface area contributed by atoms with Crippen molar-refractivity contribution < 1.29 is 24.1 Å². The molecule has 3 N–H and O–H groups in total. The summed E-state index contributed by atoms with van der Waals surface area (Å²) in [5.74, 6) is 1.84. The number of fused-ring (bicyclic) bond motifs is 1. The Morgan fingerprint density at radius 2 is 1.85 bits per heavy atom. The summed E-state index contributed by atoms with van der Waals surface area (Å²) in [4.78, 5) is 27.9.